The summed E-state index contributed by atoms with van der Waals surface area (Å²) in [5.41, 5.74) is 4.99. The number of ether oxygens (including phenoxy) is 1. The van der Waals surface area contributed by atoms with Crippen LogP contribution < -0.4 is 15.5 Å². The van der Waals surface area contributed by atoms with Crippen LogP contribution in [0.1, 0.15) is 12.8 Å². The minimum Gasteiger partial charge on any atom is -0.381 e. The maximum atomic E-state index is 7.24. The number of nitrogens with one attached hydrogen (secondary N) is 2. The molecule has 4 aromatic heterocycles. The van der Waals surface area contributed by atoms with Gasteiger partial charge in [0.1, 0.15) is 0 Å². The molecule has 178 valence electrons. The van der Waals surface area contributed by atoms with Gasteiger partial charge in [0.05, 0.1) is 35.2 Å². The van der Waals surface area contributed by atoms with Gasteiger partial charge in [0, 0.05) is 57.3 Å². The van der Waals surface area contributed by atoms with Gasteiger partial charge in [0.15, 0.2) is 5.01 Å². The lowest BCUT2D eigenvalue weighted by Crippen LogP contribution is -2.43. The van der Waals surface area contributed by atoms with Gasteiger partial charge in [-0.05, 0) is 37.1 Å². The maximum absolute atomic E-state index is 7.24. The van der Waals surface area contributed by atoms with Crippen molar-refractivity contribution in [2.75, 3.05) is 49.6 Å². The molecular weight excluding hydrogens is 462 g/mol. The van der Waals surface area contributed by atoms with E-state index < -0.39 is 0 Å². The maximum Gasteiger partial charge on any atom is 0.208 e. The van der Waals surface area contributed by atoms with Crippen molar-refractivity contribution in [3.8, 4) is 22.0 Å². The number of pyridine rings is 1. The third-order valence-corrected chi connectivity index (χ3v) is 7.41. The number of hydrogen-bond acceptors (Lipinski definition) is 9. The summed E-state index contributed by atoms with van der Waals surface area (Å²) in [5.74, 6) is 0. The molecule has 0 aromatic carbocycles. The molecular formula is C24H25N9OS. The van der Waals surface area contributed by atoms with Crippen LogP contribution in [-0.2, 0) is 4.74 Å². The minimum atomic E-state index is 0.321. The summed E-state index contributed by atoms with van der Waals surface area (Å²) in [6, 6.07) is 8.18. The molecule has 4 aromatic rings. The molecule has 0 atom stereocenters. The Bertz CT molecular complexity index is 1380. The molecule has 0 radical (unpaired) electrons. The third kappa shape index (κ3) is 4.43. The first kappa shape index (κ1) is 21.9. The predicted molar refractivity (Wildman–Crippen MR) is 136 cm³/mol. The summed E-state index contributed by atoms with van der Waals surface area (Å²) < 4.78 is 7.38. The summed E-state index contributed by atoms with van der Waals surface area (Å²) in [6.45, 7) is 12.5. The van der Waals surface area contributed by atoms with E-state index in [4.69, 9.17) is 16.3 Å². The van der Waals surface area contributed by atoms with Gasteiger partial charge in [-0.25, -0.2) is 9.36 Å². The van der Waals surface area contributed by atoms with E-state index in [-0.39, 0.29) is 0 Å². The van der Waals surface area contributed by atoms with Crippen molar-refractivity contribution in [3.63, 3.8) is 0 Å². The zero-order valence-corrected chi connectivity index (χ0v) is 20.0. The Kier molecular flexibility index (Phi) is 5.99. The molecule has 10 nitrogen and oxygen atoms in total. The molecule has 2 aliphatic rings. The molecule has 11 heteroatoms. The zero-order valence-electron chi connectivity index (χ0n) is 19.1. The summed E-state index contributed by atoms with van der Waals surface area (Å²) in [4.78, 5) is 10.6. The average Bonchev–Trinajstić information content (AvgIpc) is 3.57. The second kappa shape index (κ2) is 9.58. The number of hydrogen-bond donors (Lipinski definition) is 2. The SMILES string of the molecule is [C-]#[N+]c1cnn2c(-c3cc(NC4CCOCC4)c(-c4nnc(N5CCNCC5)s4)cn3)ccc2c1. The van der Waals surface area contributed by atoms with Crippen LogP contribution >= 0.6 is 11.3 Å². The smallest absolute Gasteiger partial charge is 0.208 e. The van der Waals surface area contributed by atoms with Crippen molar-refractivity contribution in [3.05, 3.63) is 48.1 Å². The van der Waals surface area contributed by atoms with Crippen LogP contribution in [0.15, 0.2) is 36.7 Å². The quantitative estimate of drug-likeness (QED) is 0.413. The van der Waals surface area contributed by atoms with Gasteiger partial charge in [0.25, 0.3) is 0 Å². The molecule has 0 bridgehead atoms. The number of anilines is 2. The first-order valence-corrected chi connectivity index (χ1v) is 12.6. The molecule has 2 N–H and O–H groups in total. The van der Waals surface area contributed by atoms with Gasteiger partial charge in [0.2, 0.25) is 10.8 Å². The van der Waals surface area contributed by atoms with Crippen molar-refractivity contribution in [2.45, 2.75) is 18.9 Å². The van der Waals surface area contributed by atoms with Gasteiger partial charge in [-0.1, -0.05) is 11.3 Å². The fraction of sp³-hybridized carbons (Fsp3) is 0.375. The van der Waals surface area contributed by atoms with Gasteiger partial charge < -0.3 is 20.3 Å². The molecule has 0 saturated carbocycles. The van der Waals surface area contributed by atoms with Crippen LogP contribution in [0, 0.1) is 6.57 Å². The highest BCUT2D eigenvalue weighted by Crippen LogP contribution is 2.36. The highest BCUT2D eigenvalue weighted by Gasteiger charge is 2.21. The Morgan fingerprint density at radius 3 is 2.80 bits per heavy atom. The summed E-state index contributed by atoms with van der Waals surface area (Å²) in [7, 11) is 0. The van der Waals surface area contributed by atoms with Gasteiger partial charge in [-0.3, -0.25) is 4.98 Å². The predicted octanol–water partition coefficient (Wildman–Crippen LogP) is 3.47. The van der Waals surface area contributed by atoms with E-state index in [1.54, 1.807) is 17.5 Å². The van der Waals surface area contributed by atoms with Crippen molar-refractivity contribution in [2.24, 2.45) is 0 Å². The number of nitrogens with zero attached hydrogens (tertiary/aromatic N) is 7. The number of aromatic nitrogens is 5. The van der Waals surface area contributed by atoms with Crippen LogP contribution in [0.4, 0.5) is 16.5 Å². The van der Waals surface area contributed by atoms with Crippen molar-refractivity contribution in [1.29, 1.82) is 0 Å². The Hall–Kier alpha value is -3.59. The second-order valence-electron chi connectivity index (χ2n) is 8.65. The van der Waals surface area contributed by atoms with E-state index in [0.29, 0.717) is 11.7 Å². The minimum absolute atomic E-state index is 0.321. The number of rotatable bonds is 5. The van der Waals surface area contributed by atoms with E-state index in [2.05, 4.69) is 41.7 Å². The highest BCUT2D eigenvalue weighted by molar-refractivity contribution is 7.18. The number of fused-ring (bicyclic) bond motifs is 1. The average molecular weight is 488 g/mol. The molecule has 35 heavy (non-hydrogen) atoms. The molecule has 0 spiro atoms. The Labute approximate surface area is 206 Å². The summed E-state index contributed by atoms with van der Waals surface area (Å²) in [6.07, 6.45) is 5.37. The van der Waals surface area contributed by atoms with E-state index in [1.165, 1.54) is 0 Å². The normalized spacial score (nSPS) is 16.9. The molecule has 0 amide bonds. The molecule has 2 fully saturated rings. The zero-order chi connectivity index (χ0) is 23.6. The third-order valence-electron chi connectivity index (χ3n) is 6.39. The lowest BCUT2D eigenvalue weighted by atomic mass is 10.1. The summed E-state index contributed by atoms with van der Waals surface area (Å²) in [5, 5.41) is 22.4. The lowest BCUT2D eigenvalue weighted by Gasteiger charge is -2.26. The summed E-state index contributed by atoms with van der Waals surface area (Å²) >= 11 is 1.60. The van der Waals surface area contributed by atoms with Gasteiger partial charge >= 0.3 is 0 Å². The van der Waals surface area contributed by atoms with Crippen molar-refractivity contribution in [1.82, 2.24) is 30.1 Å². The fourth-order valence-corrected chi connectivity index (χ4v) is 5.42. The first-order chi connectivity index (χ1) is 17.3. The van der Waals surface area contributed by atoms with Crippen LogP contribution in [-0.4, -0.2) is 70.2 Å². The standard InChI is InChI=1S/C24H25N9OS/c1-25-17-12-18-2-3-22(33(18)28-14-17)21-13-20(29-16-4-10-34-11-5-16)19(15-27-21)23-30-31-24(35-23)32-8-6-26-7-9-32/h2-3,12-16,26H,4-11H2,(H,27,29). The van der Waals surface area contributed by atoms with E-state index in [0.717, 1.165) is 90.5 Å². The Morgan fingerprint density at radius 1 is 1.11 bits per heavy atom. The Balaban J connectivity index is 1.38. The van der Waals surface area contributed by atoms with Crippen LogP contribution in [0.2, 0.25) is 0 Å². The van der Waals surface area contributed by atoms with Crippen LogP contribution in [0.25, 0.3) is 32.3 Å². The molecule has 6 rings (SSSR count). The van der Waals surface area contributed by atoms with E-state index in [9.17, 15) is 0 Å². The topological polar surface area (TPSA) is 96.9 Å². The van der Waals surface area contributed by atoms with Gasteiger partial charge in [-0.15, -0.1) is 10.2 Å². The first-order valence-electron chi connectivity index (χ1n) is 11.8. The largest absolute Gasteiger partial charge is 0.381 e. The molecule has 0 aliphatic carbocycles. The van der Waals surface area contributed by atoms with Crippen LogP contribution in [0.5, 0.6) is 0 Å². The monoisotopic (exact) mass is 487 g/mol. The van der Waals surface area contributed by atoms with E-state index in [1.807, 2.05) is 28.9 Å². The molecule has 6 heterocycles. The van der Waals surface area contributed by atoms with E-state index >= 15 is 0 Å². The van der Waals surface area contributed by atoms with Gasteiger partial charge in [-0.2, -0.15) is 5.10 Å². The molecule has 2 saturated heterocycles. The second-order valence-corrected chi connectivity index (χ2v) is 9.61. The lowest BCUT2D eigenvalue weighted by molar-refractivity contribution is 0.0904. The number of piperazine rings is 1. The van der Waals surface area contributed by atoms with Crippen molar-refractivity contribution >= 4 is 33.4 Å². The fourth-order valence-electron chi connectivity index (χ4n) is 4.50. The van der Waals surface area contributed by atoms with Crippen LogP contribution in [0.3, 0.4) is 0 Å². The molecule has 2 aliphatic heterocycles. The molecule has 0 unspecified atom stereocenters. The van der Waals surface area contributed by atoms with Crippen molar-refractivity contribution < 1.29 is 4.74 Å². The highest BCUT2D eigenvalue weighted by atomic mass is 32.1. The Morgan fingerprint density at radius 2 is 1.97 bits per heavy atom.